The predicted octanol–water partition coefficient (Wildman–Crippen LogP) is 6.73. The van der Waals surface area contributed by atoms with Crippen LogP contribution in [0.2, 0.25) is 0 Å². The number of anilines is 1. The van der Waals surface area contributed by atoms with Gasteiger partial charge in [-0.3, -0.25) is 14.6 Å². The second-order valence-corrected chi connectivity index (χ2v) is 14.1. The number of hydrogen-bond donors (Lipinski definition) is 1. The third kappa shape index (κ3) is 6.34. The van der Waals surface area contributed by atoms with Crippen molar-refractivity contribution >= 4 is 35.0 Å². The third-order valence-corrected chi connectivity index (χ3v) is 10.9. The number of unbranched alkanes of at least 4 members (excludes halogenated alkanes) is 2. The summed E-state index contributed by atoms with van der Waals surface area (Å²) in [5.74, 6) is 3.00. The summed E-state index contributed by atoms with van der Waals surface area (Å²) >= 11 is 0. The lowest BCUT2D eigenvalue weighted by atomic mass is 10.0. The predicted molar refractivity (Wildman–Crippen MR) is 194 cm³/mol. The van der Waals surface area contributed by atoms with Crippen LogP contribution in [0.1, 0.15) is 71.2 Å². The zero-order valence-corrected chi connectivity index (χ0v) is 29.4. The van der Waals surface area contributed by atoms with E-state index < -0.39 is 0 Å². The molecule has 2 unspecified atom stereocenters. The summed E-state index contributed by atoms with van der Waals surface area (Å²) < 4.78 is 28.9. The number of amides is 2. The minimum absolute atomic E-state index is 0.00754. The number of benzene rings is 3. The minimum Gasteiger partial charge on any atom is -0.497 e. The summed E-state index contributed by atoms with van der Waals surface area (Å²) in [5.41, 5.74) is 5.00. The smallest absolute Gasteiger partial charge is 0.260 e. The number of aliphatic imine (C=N–C) groups is 1. The molecule has 0 bridgehead atoms. The van der Waals surface area contributed by atoms with E-state index in [1.165, 1.54) is 12.8 Å². The van der Waals surface area contributed by atoms with Crippen molar-refractivity contribution in [1.82, 2.24) is 9.80 Å². The molecule has 2 amide bonds. The van der Waals surface area contributed by atoms with Crippen LogP contribution in [-0.2, 0) is 0 Å². The number of nitrogens with one attached hydrogen (secondary N) is 1. The Morgan fingerprint density at radius 3 is 2.22 bits per heavy atom. The van der Waals surface area contributed by atoms with Gasteiger partial charge in [0.1, 0.15) is 5.75 Å². The molecular weight excluding hydrogens is 648 g/mol. The summed E-state index contributed by atoms with van der Waals surface area (Å²) in [7, 11) is 4.83. The van der Waals surface area contributed by atoms with E-state index in [1.807, 2.05) is 58.6 Å². The van der Waals surface area contributed by atoms with Gasteiger partial charge in [0, 0.05) is 37.6 Å². The molecule has 1 saturated heterocycles. The van der Waals surface area contributed by atoms with Gasteiger partial charge in [-0.1, -0.05) is 12.1 Å². The van der Waals surface area contributed by atoms with E-state index in [2.05, 4.69) is 5.32 Å². The molecule has 1 saturated carbocycles. The molecule has 3 aromatic rings. The van der Waals surface area contributed by atoms with E-state index >= 15 is 0 Å². The van der Waals surface area contributed by atoms with E-state index in [1.54, 1.807) is 33.5 Å². The van der Waals surface area contributed by atoms with E-state index in [-0.39, 0.29) is 23.9 Å². The van der Waals surface area contributed by atoms with Crippen molar-refractivity contribution in [1.29, 1.82) is 0 Å². The first-order chi connectivity index (χ1) is 24.9. The molecule has 2 fully saturated rings. The van der Waals surface area contributed by atoms with E-state index in [4.69, 9.17) is 28.7 Å². The van der Waals surface area contributed by atoms with Gasteiger partial charge < -0.3 is 38.8 Å². The highest BCUT2D eigenvalue weighted by atomic mass is 16.5. The molecule has 0 aromatic heterocycles. The molecule has 8 rings (SSSR count). The molecule has 51 heavy (non-hydrogen) atoms. The van der Waals surface area contributed by atoms with E-state index in [0.29, 0.717) is 65.0 Å². The lowest BCUT2D eigenvalue weighted by Crippen LogP contribution is -2.35. The van der Waals surface area contributed by atoms with Crippen LogP contribution in [0.25, 0.3) is 5.57 Å². The fraction of sp³-hybridized carbons (Fsp3) is 0.425. The summed E-state index contributed by atoms with van der Waals surface area (Å²) in [6.07, 6.45) is 10.6. The van der Waals surface area contributed by atoms with Crippen LogP contribution >= 0.6 is 0 Å². The van der Waals surface area contributed by atoms with Crippen LogP contribution in [0, 0.1) is 5.41 Å². The maximum atomic E-state index is 13.7. The Labute approximate surface area is 298 Å². The molecule has 2 atom stereocenters. The molecule has 266 valence electrons. The quantitative estimate of drug-likeness (QED) is 0.208. The second kappa shape index (κ2) is 13.5. The van der Waals surface area contributed by atoms with Crippen molar-refractivity contribution in [2.24, 2.45) is 10.4 Å². The van der Waals surface area contributed by atoms with Crippen LogP contribution in [0.3, 0.4) is 0 Å². The Bertz CT molecular complexity index is 1900. The average Bonchev–Trinajstić information content (AvgIpc) is 3.69. The first kappa shape index (κ1) is 33.0. The molecular formula is C40H44N4O7. The minimum atomic E-state index is -0.0651. The van der Waals surface area contributed by atoms with Gasteiger partial charge in [-0.15, -0.1) is 0 Å². The topological polar surface area (TPSA) is 111 Å². The normalized spacial score (nSPS) is 20.7. The largest absolute Gasteiger partial charge is 0.497 e. The number of methoxy groups -OCH3 is 3. The highest BCUT2D eigenvalue weighted by molar-refractivity contribution is 6.04. The Morgan fingerprint density at radius 2 is 1.53 bits per heavy atom. The van der Waals surface area contributed by atoms with Crippen LogP contribution in [0.15, 0.2) is 59.7 Å². The molecule has 5 aliphatic rings. The number of rotatable bonds is 12. The molecule has 4 aliphatic heterocycles. The van der Waals surface area contributed by atoms with Crippen LogP contribution < -0.4 is 29.0 Å². The van der Waals surface area contributed by atoms with Crippen LogP contribution in [-0.4, -0.2) is 87.5 Å². The van der Waals surface area contributed by atoms with Crippen LogP contribution in [0.5, 0.6) is 28.7 Å². The number of carbonyl (C=O) groups excluding carboxylic acids is 2. The SMILES string of the molecule is COc1ccc(C2=CN3C(=O)c4cc(OC)c(OCCCCCOc5cc6c(cc5OC)C(=O)N5CC7(CC7)CC5C=N6)cc4NCC3C2)cc1. The van der Waals surface area contributed by atoms with Gasteiger partial charge in [0.05, 0.1) is 69.1 Å². The highest BCUT2D eigenvalue weighted by Gasteiger charge is 2.53. The maximum absolute atomic E-state index is 13.7. The van der Waals surface area contributed by atoms with Gasteiger partial charge in [0.2, 0.25) is 0 Å². The third-order valence-electron chi connectivity index (χ3n) is 10.9. The Balaban J connectivity index is 0.846. The molecule has 3 aromatic carbocycles. The first-order valence-electron chi connectivity index (χ1n) is 17.8. The van der Waals surface area contributed by atoms with E-state index in [9.17, 15) is 9.59 Å². The summed E-state index contributed by atoms with van der Waals surface area (Å²) in [6.45, 7) is 2.42. The monoisotopic (exact) mass is 692 g/mol. The standard InChI is InChI=1S/C40H44N4O7/c1-47-29-9-7-25(8-10-29)26-15-27-21-41-32-18-36(34(48-2)16-30(32)38(45)43(27)23-26)50-13-5-4-6-14-51-37-19-33-31(17-35(37)49-3)39(46)44-24-40(11-12-40)20-28(44)22-42-33/h7-10,16-19,22-23,27-28,41H,4-6,11-15,20-21,24H2,1-3H3. The van der Waals surface area contributed by atoms with Gasteiger partial charge in [-0.05, 0) is 85.8 Å². The molecule has 11 nitrogen and oxygen atoms in total. The van der Waals surface area contributed by atoms with Crippen molar-refractivity contribution in [3.05, 3.63) is 71.4 Å². The second-order valence-electron chi connectivity index (χ2n) is 14.1. The zero-order valence-electron chi connectivity index (χ0n) is 29.4. The summed E-state index contributed by atoms with van der Waals surface area (Å²) in [6, 6.07) is 15.2. The number of hydrogen-bond acceptors (Lipinski definition) is 9. The van der Waals surface area contributed by atoms with Gasteiger partial charge >= 0.3 is 0 Å². The zero-order chi connectivity index (χ0) is 35.1. The van der Waals surface area contributed by atoms with E-state index in [0.717, 1.165) is 61.2 Å². The van der Waals surface area contributed by atoms with Crippen molar-refractivity contribution in [3.63, 3.8) is 0 Å². The highest BCUT2D eigenvalue weighted by Crippen LogP contribution is 2.55. The molecule has 1 N–H and O–H groups in total. The number of nitrogens with zero attached hydrogens (tertiary/aromatic N) is 3. The molecule has 1 aliphatic carbocycles. The van der Waals surface area contributed by atoms with Crippen molar-refractivity contribution in [2.45, 2.75) is 57.0 Å². The fourth-order valence-electron chi connectivity index (χ4n) is 7.75. The van der Waals surface area contributed by atoms with Crippen molar-refractivity contribution < 1.29 is 33.3 Å². The van der Waals surface area contributed by atoms with Gasteiger partial charge in [0.25, 0.3) is 11.8 Å². The fourth-order valence-corrected chi connectivity index (χ4v) is 7.75. The number of fused-ring (bicyclic) bond motifs is 4. The van der Waals surface area contributed by atoms with Gasteiger partial charge in [-0.25, -0.2) is 0 Å². The number of ether oxygens (including phenoxy) is 5. The van der Waals surface area contributed by atoms with Gasteiger partial charge in [0.15, 0.2) is 23.0 Å². The molecule has 0 radical (unpaired) electrons. The Kier molecular flexibility index (Phi) is 8.73. The van der Waals surface area contributed by atoms with Crippen molar-refractivity contribution in [3.8, 4) is 28.7 Å². The maximum Gasteiger partial charge on any atom is 0.260 e. The molecule has 4 heterocycles. The lowest BCUT2D eigenvalue weighted by molar-refractivity contribution is 0.0765. The van der Waals surface area contributed by atoms with Crippen molar-refractivity contribution in [2.75, 3.05) is 52.9 Å². The first-order valence-corrected chi connectivity index (χ1v) is 17.8. The Hall–Kier alpha value is -5.19. The van der Waals surface area contributed by atoms with Gasteiger partial charge in [-0.2, -0.15) is 0 Å². The number of carbonyl (C=O) groups is 2. The molecule has 1 spiro atoms. The average molecular weight is 693 g/mol. The summed E-state index contributed by atoms with van der Waals surface area (Å²) in [5, 5.41) is 3.48. The lowest BCUT2D eigenvalue weighted by Gasteiger charge is -2.21. The molecule has 11 heteroatoms. The Morgan fingerprint density at radius 1 is 0.824 bits per heavy atom. The summed E-state index contributed by atoms with van der Waals surface area (Å²) in [4.78, 5) is 35.7. The van der Waals surface area contributed by atoms with Crippen LogP contribution in [0.4, 0.5) is 11.4 Å².